The molecular weight excluding hydrogens is 309 g/mol. The number of halogens is 3. The number of nitrogens with one attached hydrogen (secondary N) is 1. The van der Waals surface area contributed by atoms with Gasteiger partial charge in [-0.25, -0.2) is 9.97 Å². The van der Waals surface area contributed by atoms with Gasteiger partial charge < -0.3 is 5.32 Å². The monoisotopic (exact) mass is 315 g/mol. The van der Waals surface area contributed by atoms with Crippen molar-refractivity contribution in [3.63, 3.8) is 0 Å². The van der Waals surface area contributed by atoms with Crippen molar-refractivity contribution in [1.82, 2.24) is 9.97 Å². The summed E-state index contributed by atoms with van der Waals surface area (Å²) in [4.78, 5) is 19.7. The molecule has 0 aliphatic rings. The van der Waals surface area contributed by atoms with E-state index in [9.17, 15) is 4.79 Å². The number of pyridine rings is 2. The molecule has 1 N–H and O–H groups in total. The van der Waals surface area contributed by atoms with Gasteiger partial charge in [-0.05, 0) is 30.7 Å². The van der Waals surface area contributed by atoms with E-state index in [1.165, 1.54) is 18.3 Å². The number of aryl methyl sites for hydroxylation is 1. The molecule has 0 radical (unpaired) electrons. The van der Waals surface area contributed by atoms with Gasteiger partial charge in [0.25, 0.3) is 5.91 Å². The zero-order valence-electron chi connectivity index (χ0n) is 9.75. The Kier molecular flexibility index (Phi) is 4.24. The molecule has 0 fully saturated rings. The Morgan fingerprint density at radius 3 is 2.37 bits per heavy atom. The molecule has 2 heterocycles. The van der Waals surface area contributed by atoms with Crippen LogP contribution >= 0.6 is 34.8 Å². The maximum atomic E-state index is 12.0. The van der Waals surface area contributed by atoms with Crippen LogP contribution in [0.3, 0.4) is 0 Å². The largest absolute Gasteiger partial charge is 0.321 e. The Bertz CT molecular complexity index is 626. The van der Waals surface area contributed by atoms with Crippen LogP contribution in [0.4, 0.5) is 5.69 Å². The van der Waals surface area contributed by atoms with Gasteiger partial charge in [0.1, 0.15) is 15.5 Å². The zero-order chi connectivity index (χ0) is 14.0. The second kappa shape index (κ2) is 5.74. The third-order valence-electron chi connectivity index (χ3n) is 2.30. The Labute approximate surface area is 124 Å². The number of amides is 1. The number of carbonyl (C=O) groups is 1. The van der Waals surface area contributed by atoms with Gasteiger partial charge >= 0.3 is 0 Å². The van der Waals surface area contributed by atoms with Crippen molar-refractivity contribution in [3.05, 3.63) is 51.0 Å². The molecule has 2 rings (SSSR count). The minimum absolute atomic E-state index is 0.156. The number of nitrogens with zero attached hydrogens (tertiary/aromatic N) is 2. The lowest BCUT2D eigenvalue weighted by molar-refractivity contribution is 0.102. The maximum Gasteiger partial charge on any atom is 0.255 e. The van der Waals surface area contributed by atoms with E-state index in [1.54, 1.807) is 13.0 Å². The van der Waals surface area contributed by atoms with Gasteiger partial charge in [-0.15, -0.1) is 0 Å². The molecule has 0 atom stereocenters. The van der Waals surface area contributed by atoms with Crippen LogP contribution in [0.2, 0.25) is 15.5 Å². The molecule has 4 nitrogen and oxygen atoms in total. The van der Waals surface area contributed by atoms with Gasteiger partial charge in [0.15, 0.2) is 0 Å². The van der Waals surface area contributed by atoms with E-state index in [0.717, 1.165) is 5.56 Å². The van der Waals surface area contributed by atoms with Gasteiger partial charge in [0, 0.05) is 5.56 Å². The number of hydrogen-bond donors (Lipinski definition) is 1. The predicted octanol–water partition coefficient (Wildman–Crippen LogP) is 4.00. The highest BCUT2D eigenvalue weighted by molar-refractivity contribution is 6.33. The SMILES string of the molecule is Cc1cc(NC(=O)c2cc(Cl)nc(Cl)c2)cnc1Cl. The van der Waals surface area contributed by atoms with Crippen molar-refractivity contribution in [2.75, 3.05) is 5.32 Å². The molecule has 0 saturated heterocycles. The molecule has 0 bridgehead atoms. The lowest BCUT2D eigenvalue weighted by Crippen LogP contribution is -2.12. The molecule has 0 aliphatic heterocycles. The first-order valence-corrected chi connectivity index (χ1v) is 6.35. The molecule has 1 amide bonds. The molecule has 2 aromatic heterocycles. The van der Waals surface area contributed by atoms with Crippen molar-refractivity contribution in [2.24, 2.45) is 0 Å². The molecule has 0 aliphatic carbocycles. The lowest BCUT2D eigenvalue weighted by atomic mass is 10.2. The minimum Gasteiger partial charge on any atom is -0.321 e. The van der Waals surface area contributed by atoms with Gasteiger partial charge in [0.2, 0.25) is 0 Å². The first kappa shape index (κ1) is 14.1. The topological polar surface area (TPSA) is 54.9 Å². The van der Waals surface area contributed by atoms with E-state index in [2.05, 4.69) is 15.3 Å². The summed E-state index contributed by atoms with van der Waals surface area (Å²) < 4.78 is 0. The lowest BCUT2D eigenvalue weighted by Gasteiger charge is -2.07. The summed E-state index contributed by atoms with van der Waals surface area (Å²) in [5.41, 5.74) is 1.62. The Balaban J connectivity index is 2.22. The third-order valence-corrected chi connectivity index (χ3v) is 3.08. The molecular formula is C12H8Cl3N3O. The van der Waals surface area contributed by atoms with E-state index in [4.69, 9.17) is 34.8 Å². The fourth-order valence-electron chi connectivity index (χ4n) is 1.43. The van der Waals surface area contributed by atoms with Gasteiger partial charge in [-0.2, -0.15) is 0 Å². The van der Waals surface area contributed by atoms with Crippen LogP contribution in [0.1, 0.15) is 15.9 Å². The van der Waals surface area contributed by atoms with Crippen LogP contribution in [0.5, 0.6) is 0 Å². The molecule has 0 unspecified atom stereocenters. The second-order valence-corrected chi connectivity index (χ2v) is 4.92. The molecule has 0 aromatic carbocycles. The standard InChI is InChI=1S/C12H8Cl3N3O/c1-6-2-8(5-16-11(6)15)17-12(19)7-3-9(13)18-10(14)4-7/h2-5H,1H3,(H,17,19). The number of rotatable bonds is 2. The van der Waals surface area contributed by atoms with Crippen LogP contribution < -0.4 is 5.32 Å². The molecule has 0 saturated carbocycles. The van der Waals surface area contributed by atoms with Crippen LogP contribution in [0.25, 0.3) is 0 Å². The normalized spacial score (nSPS) is 10.3. The first-order valence-electron chi connectivity index (χ1n) is 5.22. The Hall–Kier alpha value is -1.36. The Morgan fingerprint density at radius 2 is 1.79 bits per heavy atom. The molecule has 2 aromatic rings. The summed E-state index contributed by atoms with van der Waals surface area (Å²) >= 11 is 17.3. The van der Waals surface area contributed by atoms with E-state index in [0.29, 0.717) is 16.4 Å². The van der Waals surface area contributed by atoms with Crippen LogP contribution in [0, 0.1) is 6.92 Å². The molecule has 0 spiro atoms. The summed E-state index contributed by atoms with van der Waals surface area (Å²) in [7, 11) is 0. The van der Waals surface area contributed by atoms with Crippen LogP contribution in [-0.2, 0) is 0 Å². The summed E-state index contributed by atoms with van der Waals surface area (Å²) in [6.07, 6.45) is 1.47. The molecule has 98 valence electrons. The highest BCUT2D eigenvalue weighted by Crippen LogP contribution is 2.19. The molecule has 19 heavy (non-hydrogen) atoms. The highest BCUT2D eigenvalue weighted by atomic mass is 35.5. The van der Waals surface area contributed by atoms with Crippen LogP contribution in [-0.4, -0.2) is 15.9 Å². The summed E-state index contributed by atoms with van der Waals surface area (Å²) in [6, 6.07) is 4.58. The van der Waals surface area contributed by atoms with E-state index in [1.807, 2.05) is 0 Å². The average molecular weight is 317 g/mol. The van der Waals surface area contributed by atoms with Gasteiger partial charge in [-0.3, -0.25) is 4.79 Å². The Morgan fingerprint density at radius 1 is 1.16 bits per heavy atom. The maximum absolute atomic E-state index is 12.0. The first-order chi connectivity index (χ1) is 8.95. The number of hydrogen-bond acceptors (Lipinski definition) is 3. The summed E-state index contributed by atoms with van der Waals surface area (Å²) in [5.74, 6) is -0.352. The summed E-state index contributed by atoms with van der Waals surface area (Å²) in [6.45, 7) is 1.80. The molecule has 7 heteroatoms. The van der Waals surface area contributed by atoms with E-state index < -0.39 is 0 Å². The third kappa shape index (κ3) is 3.56. The number of anilines is 1. The van der Waals surface area contributed by atoms with E-state index >= 15 is 0 Å². The van der Waals surface area contributed by atoms with Crippen molar-refractivity contribution in [1.29, 1.82) is 0 Å². The summed E-state index contributed by atoms with van der Waals surface area (Å²) in [5, 5.41) is 3.38. The quantitative estimate of drug-likeness (QED) is 0.852. The second-order valence-electron chi connectivity index (χ2n) is 3.79. The van der Waals surface area contributed by atoms with E-state index in [-0.39, 0.29) is 16.2 Å². The predicted molar refractivity (Wildman–Crippen MR) is 76.2 cm³/mol. The zero-order valence-corrected chi connectivity index (χ0v) is 12.0. The van der Waals surface area contributed by atoms with Gasteiger partial charge in [-0.1, -0.05) is 34.8 Å². The fourth-order valence-corrected chi connectivity index (χ4v) is 1.99. The number of aromatic nitrogens is 2. The fraction of sp³-hybridized carbons (Fsp3) is 0.0833. The van der Waals surface area contributed by atoms with Crippen molar-refractivity contribution in [2.45, 2.75) is 6.92 Å². The van der Waals surface area contributed by atoms with Crippen molar-refractivity contribution < 1.29 is 4.79 Å². The minimum atomic E-state index is -0.352. The number of carbonyl (C=O) groups excluding carboxylic acids is 1. The average Bonchev–Trinajstić information content (AvgIpc) is 2.32. The van der Waals surface area contributed by atoms with Crippen molar-refractivity contribution >= 4 is 46.4 Å². The highest BCUT2D eigenvalue weighted by Gasteiger charge is 2.10. The smallest absolute Gasteiger partial charge is 0.255 e. The van der Waals surface area contributed by atoms with Crippen LogP contribution in [0.15, 0.2) is 24.4 Å². The van der Waals surface area contributed by atoms with Gasteiger partial charge in [0.05, 0.1) is 11.9 Å². The van der Waals surface area contributed by atoms with Crippen molar-refractivity contribution in [3.8, 4) is 0 Å².